The quantitative estimate of drug-likeness (QED) is 0.660. The summed E-state index contributed by atoms with van der Waals surface area (Å²) in [5.41, 5.74) is 15.2. The lowest BCUT2D eigenvalue weighted by molar-refractivity contribution is -0.117. The van der Waals surface area contributed by atoms with Gasteiger partial charge in [-0.1, -0.05) is 42.0 Å². The molecule has 0 heterocycles. The lowest BCUT2D eigenvalue weighted by Gasteiger charge is -2.11. The molecule has 0 spiro atoms. The molecule has 21 heavy (non-hydrogen) atoms. The van der Waals surface area contributed by atoms with Crippen LogP contribution in [0.25, 0.3) is 6.08 Å². The number of hydrogen-bond acceptors (Lipinski definition) is 1. The van der Waals surface area contributed by atoms with Crippen molar-refractivity contribution in [2.24, 2.45) is 16.5 Å². The van der Waals surface area contributed by atoms with Crippen LogP contribution >= 0.6 is 0 Å². The predicted octanol–water partition coefficient (Wildman–Crippen LogP) is 2.54. The molecule has 1 aliphatic carbocycles. The van der Waals surface area contributed by atoms with E-state index in [0.717, 1.165) is 17.5 Å². The van der Waals surface area contributed by atoms with Crippen LogP contribution in [0.1, 0.15) is 37.3 Å². The van der Waals surface area contributed by atoms with Gasteiger partial charge in [-0.05, 0) is 42.9 Å². The monoisotopic (exact) mass is 283 g/mol. The van der Waals surface area contributed by atoms with E-state index in [4.69, 9.17) is 11.5 Å². The van der Waals surface area contributed by atoms with Crippen molar-refractivity contribution < 1.29 is 4.79 Å². The van der Waals surface area contributed by atoms with Crippen LogP contribution in [0.3, 0.4) is 0 Å². The molecule has 0 saturated carbocycles. The number of guanidine groups is 1. The zero-order valence-corrected chi connectivity index (χ0v) is 12.3. The smallest absolute Gasteiger partial charge is 0.253 e. The third-order valence-electron chi connectivity index (χ3n) is 3.41. The van der Waals surface area contributed by atoms with Gasteiger partial charge in [-0.3, -0.25) is 4.79 Å². The number of allylic oxidation sites excluding steroid dienone is 3. The molecule has 1 aromatic carbocycles. The van der Waals surface area contributed by atoms with Gasteiger partial charge >= 0.3 is 0 Å². The summed E-state index contributed by atoms with van der Waals surface area (Å²) >= 11 is 0. The molecule has 2 rings (SSSR count). The first kappa shape index (κ1) is 15.0. The number of amides is 1. The van der Waals surface area contributed by atoms with E-state index < -0.39 is 0 Å². The fourth-order valence-electron chi connectivity index (χ4n) is 2.45. The van der Waals surface area contributed by atoms with Crippen LogP contribution in [-0.4, -0.2) is 11.9 Å². The van der Waals surface area contributed by atoms with Crippen LogP contribution in [0, 0.1) is 0 Å². The Balaban J connectivity index is 2.06. The van der Waals surface area contributed by atoms with E-state index in [0.29, 0.717) is 0 Å². The first-order valence-electron chi connectivity index (χ1n) is 7.12. The molecule has 0 unspecified atom stereocenters. The van der Waals surface area contributed by atoms with E-state index in [1.807, 2.05) is 24.3 Å². The van der Waals surface area contributed by atoms with Gasteiger partial charge < -0.3 is 11.5 Å². The van der Waals surface area contributed by atoms with Crippen LogP contribution in [-0.2, 0) is 11.2 Å². The maximum atomic E-state index is 11.5. The number of nitrogens with two attached hydrogens (primary N) is 2. The molecule has 0 fully saturated rings. The molecule has 1 aromatic rings. The minimum absolute atomic E-state index is 0.194. The van der Waals surface area contributed by atoms with Gasteiger partial charge in [0.2, 0.25) is 0 Å². The van der Waals surface area contributed by atoms with Gasteiger partial charge in [0, 0.05) is 0 Å². The van der Waals surface area contributed by atoms with Crippen molar-refractivity contribution in [1.82, 2.24) is 0 Å². The molecule has 0 aliphatic heterocycles. The van der Waals surface area contributed by atoms with Gasteiger partial charge in [0.1, 0.15) is 0 Å². The highest BCUT2D eigenvalue weighted by atomic mass is 16.1. The molecular weight excluding hydrogens is 262 g/mol. The third kappa shape index (κ3) is 4.91. The number of aliphatic imine (C=N–C) groups is 1. The van der Waals surface area contributed by atoms with Crippen molar-refractivity contribution >= 4 is 17.9 Å². The van der Waals surface area contributed by atoms with E-state index in [-0.39, 0.29) is 18.3 Å². The SMILES string of the molecule is CC1=C/C(=C/c2ccc(CC(=O)N=C(N)N)cc2)CCC1. The second kappa shape index (κ2) is 6.88. The topological polar surface area (TPSA) is 81.5 Å². The number of benzene rings is 1. The minimum atomic E-state index is -0.327. The summed E-state index contributed by atoms with van der Waals surface area (Å²) < 4.78 is 0. The van der Waals surface area contributed by atoms with Crippen LogP contribution in [0.15, 0.2) is 46.5 Å². The first-order chi connectivity index (χ1) is 10.0. The summed E-state index contributed by atoms with van der Waals surface area (Å²) in [7, 11) is 0. The molecule has 110 valence electrons. The largest absolute Gasteiger partial charge is 0.370 e. The van der Waals surface area contributed by atoms with Crippen LogP contribution in [0.5, 0.6) is 0 Å². The van der Waals surface area contributed by atoms with Crippen LogP contribution < -0.4 is 11.5 Å². The van der Waals surface area contributed by atoms with Crippen molar-refractivity contribution in [2.75, 3.05) is 0 Å². The van der Waals surface area contributed by atoms with Crippen molar-refractivity contribution in [2.45, 2.75) is 32.6 Å². The lowest BCUT2D eigenvalue weighted by Crippen LogP contribution is -2.24. The first-order valence-corrected chi connectivity index (χ1v) is 7.12. The van der Waals surface area contributed by atoms with E-state index >= 15 is 0 Å². The second-order valence-corrected chi connectivity index (χ2v) is 5.41. The van der Waals surface area contributed by atoms with Gasteiger partial charge in [-0.25, -0.2) is 0 Å². The third-order valence-corrected chi connectivity index (χ3v) is 3.41. The Morgan fingerprint density at radius 3 is 2.57 bits per heavy atom. The molecule has 1 aliphatic rings. The molecule has 0 aromatic heterocycles. The van der Waals surface area contributed by atoms with Gasteiger partial charge in [0.25, 0.3) is 5.91 Å². The summed E-state index contributed by atoms with van der Waals surface area (Å²) in [6.07, 6.45) is 8.22. The predicted molar refractivity (Wildman–Crippen MR) is 86.5 cm³/mol. The molecule has 0 radical (unpaired) electrons. The Morgan fingerprint density at radius 1 is 1.24 bits per heavy atom. The number of nitrogens with zero attached hydrogens (tertiary/aromatic N) is 1. The van der Waals surface area contributed by atoms with Crippen LogP contribution in [0.2, 0.25) is 0 Å². The summed E-state index contributed by atoms with van der Waals surface area (Å²) in [5, 5.41) is 0. The van der Waals surface area contributed by atoms with Crippen molar-refractivity contribution in [3.05, 3.63) is 52.6 Å². The highest BCUT2D eigenvalue weighted by Gasteiger charge is 2.05. The summed E-state index contributed by atoms with van der Waals surface area (Å²) in [6, 6.07) is 7.91. The number of rotatable bonds is 3. The molecule has 4 heteroatoms. The van der Waals surface area contributed by atoms with Gasteiger partial charge in [0.05, 0.1) is 6.42 Å². The molecule has 0 saturated heterocycles. The molecule has 4 N–H and O–H groups in total. The van der Waals surface area contributed by atoms with E-state index in [9.17, 15) is 4.79 Å². The molecular formula is C17H21N3O. The second-order valence-electron chi connectivity index (χ2n) is 5.41. The zero-order chi connectivity index (χ0) is 15.2. The normalized spacial score (nSPS) is 16.4. The maximum absolute atomic E-state index is 11.5. The van der Waals surface area contributed by atoms with E-state index in [2.05, 4.69) is 24.1 Å². The molecule has 0 atom stereocenters. The average Bonchev–Trinajstić information content (AvgIpc) is 2.40. The highest BCUT2D eigenvalue weighted by Crippen LogP contribution is 2.23. The Kier molecular flexibility index (Phi) is 4.93. The fourth-order valence-corrected chi connectivity index (χ4v) is 2.45. The summed E-state index contributed by atoms with van der Waals surface area (Å²) in [5.74, 6) is -0.521. The highest BCUT2D eigenvalue weighted by molar-refractivity contribution is 5.92. The number of carbonyl (C=O) groups excluding carboxylic acids is 1. The summed E-state index contributed by atoms with van der Waals surface area (Å²) in [4.78, 5) is 15.0. The zero-order valence-electron chi connectivity index (χ0n) is 12.3. The molecule has 0 bridgehead atoms. The van der Waals surface area contributed by atoms with Gasteiger partial charge in [-0.2, -0.15) is 4.99 Å². The fraction of sp³-hybridized carbons (Fsp3) is 0.294. The standard InChI is InChI=1S/C17H21N3O/c1-12-3-2-4-15(9-12)10-13-5-7-14(8-6-13)11-16(21)20-17(18)19/h5-10H,2-4,11H2,1H3,(H4,18,19,20,21)/b15-10+. The Hall–Kier alpha value is -2.36. The van der Waals surface area contributed by atoms with Crippen LogP contribution in [0.4, 0.5) is 0 Å². The van der Waals surface area contributed by atoms with Gasteiger partial charge in [0.15, 0.2) is 5.96 Å². The molecule has 1 amide bonds. The van der Waals surface area contributed by atoms with Crippen molar-refractivity contribution in [3.63, 3.8) is 0 Å². The molecule has 4 nitrogen and oxygen atoms in total. The van der Waals surface area contributed by atoms with Crippen molar-refractivity contribution in [1.29, 1.82) is 0 Å². The Labute approximate surface area is 125 Å². The van der Waals surface area contributed by atoms with E-state index in [1.54, 1.807) is 0 Å². The van der Waals surface area contributed by atoms with E-state index in [1.165, 1.54) is 24.0 Å². The average molecular weight is 283 g/mol. The van der Waals surface area contributed by atoms with Gasteiger partial charge in [-0.15, -0.1) is 0 Å². The maximum Gasteiger partial charge on any atom is 0.253 e. The number of carbonyl (C=O) groups is 1. The lowest BCUT2D eigenvalue weighted by atomic mass is 9.94. The number of hydrogen-bond donors (Lipinski definition) is 2. The Bertz CT molecular complexity index is 605. The summed E-state index contributed by atoms with van der Waals surface area (Å²) in [6.45, 7) is 2.17. The van der Waals surface area contributed by atoms with Crippen molar-refractivity contribution in [3.8, 4) is 0 Å². The Morgan fingerprint density at radius 2 is 1.95 bits per heavy atom. The minimum Gasteiger partial charge on any atom is -0.370 e.